The number of hydrogen-bond acceptors (Lipinski definition) is 8. The molecule has 2 aliphatic heterocycles. The molecule has 260 valence electrons. The number of piperazine rings is 1. The van der Waals surface area contributed by atoms with Crippen LogP contribution in [0.1, 0.15) is 49.0 Å². The number of para-hydroxylation sites is 1. The van der Waals surface area contributed by atoms with Crippen LogP contribution in [0.5, 0.6) is 5.88 Å². The first-order valence-corrected chi connectivity index (χ1v) is 16.0. The highest BCUT2D eigenvalue weighted by Crippen LogP contribution is 2.24. The zero-order chi connectivity index (χ0) is 34.3. The Bertz CT molecular complexity index is 1480. The van der Waals surface area contributed by atoms with Crippen LogP contribution in [0, 0.1) is 0 Å². The van der Waals surface area contributed by atoms with Crippen molar-refractivity contribution in [1.82, 2.24) is 40.8 Å². The highest BCUT2D eigenvalue weighted by atomic mass is 19.4. The molecule has 2 saturated heterocycles. The third-order valence-corrected chi connectivity index (χ3v) is 8.59. The van der Waals surface area contributed by atoms with Crippen molar-refractivity contribution in [2.24, 2.45) is 0 Å². The summed E-state index contributed by atoms with van der Waals surface area (Å²) < 4.78 is 45.3. The number of carbonyl (C=O) groups is 5. The first kappa shape index (κ1) is 34.7. The van der Waals surface area contributed by atoms with Gasteiger partial charge in [-0.2, -0.15) is 18.3 Å². The van der Waals surface area contributed by atoms with E-state index in [1.165, 1.54) is 20.5 Å². The molecule has 3 fully saturated rings. The van der Waals surface area contributed by atoms with Gasteiger partial charge in [-0.05, 0) is 50.7 Å². The van der Waals surface area contributed by atoms with Crippen LogP contribution >= 0.6 is 0 Å². The van der Waals surface area contributed by atoms with E-state index < -0.39 is 55.0 Å². The summed E-state index contributed by atoms with van der Waals surface area (Å²) in [6.45, 7) is 1.11. The van der Waals surface area contributed by atoms with E-state index in [1.54, 1.807) is 35.6 Å². The second kappa shape index (κ2) is 15.5. The van der Waals surface area contributed by atoms with Gasteiger partial charge in [0.05, 0.1) is 5.69 Å². The van der Waals surface area contributed by atoms with Crippen LogP contribution in [-0.2, 0) is 19.2 Å². The van der Waals surface area contributed by atoms with Gasteiger partial charge < -0.3 is 35.8 Å². The van der Waals surface area contributed by atoms with Crippen LogP contribution in [0.4, 0.5) is 13.2 Å². The van der Waals surface area contributed by atoms with Gasteiger partial charge in [0.2, 0.25) is 17.7 Å². The number of amides is 5. The monoisotopic (exact) mass is 676 g/mol. The van der Waals surface area contributed by atoms with Crippen molar-refractivity contribution in [3.63, 3.8) is 0 Å². The first-order valence-electron chi connectivity index (χ1n) is 16.0. The number of benzene rings is 1. The number of hydrogen-bond donors (Lipinski definition) is 4. The number of alkyl halides is 3. The highest BCUT2D eigenvalue weighted by molar-refractivity contribution is 5.96. The lowest BCUT2D eigenvalue weighted by Gasteiger charge is -2.31. The first-order chi connectivity index (χ1) is 23.0. The predicted molar refractivity (Wildman–Crippen MR) is 164 cm³/mol. The van der Waals surface area contributed by atoms with Gasteiger partial charge >= 0.3 is 12.1 Å². The lowest BCUT2D eigenvalue weighted by molar-refractivity contribution is -0.173. The predicted octanol–water partition coefficient (Wildman–Crippen LogP) is 0.510. The third-order valence-electron chi connectivity index (χ3n) is 8.59. The SMILES string of the molecule is O=C(N[C@@H](CCNC(=O)C(F)(F)F)C(=O)N1CCNCC1)c1cc(OCC(=O)N2CCC[C@H]2C(=O)NC2CCC2)n(-c2ccccc2)n1. The largest absolute Gasteiger partial charge is 0.471 e. The van der Waals surface area contributed by atoms with Crippen LogP contribution in [0.25, 0.3) is 5.69 Å². The molecule has 2 aromatic rings. The van der Waals surface area contributed by atoms with E-state index in [2.05, 4.69) is 21.0 Å². The quantitative estimate of drug-likeness (QED) is 0.253. The minimum absolute atomic E-state index is 0.0387. The van der Waals surface area contributed by atoms with Crippen molar-refractivity contribution >= 4 is 29.5 Å². The fourth-order valence-corrected chi connectivity index (χ4v) is 5.76. The molecule has 1 aliphatic carbocycles. The van der Waals surface area contributed by atoms with E-state index >= 15 is 0 Å². The fourth-order valence-electron chi connectivity index (χ4n) is 5.76. The molecular formula is C31H39F3N8O6. The van der Waals surface area contributed by atoms with Gasteiger partial charge in [-0.3, -0.25) is 24.0 Å². The number of carbonyl (C=O) groups excluding carboxylic acids is 5. The van der Waals surface area contributed by atoms with Crippen molar-refractivity contribution in [2.75, 3.05) is 45.9 Å². The maximum atomic E-state index is 13.5. The van der Waals surface area contributed by atoms with E-state index in [9.17, 15) is 37.1 Å². The Morgan fingerprint density at radius 3 is 2.40 bits per heavy atom. The van der Waals surface area contributed by atoms with Gasteiger partial charge in [0.25, 0.3) is 11.8 Å². The van der Waals surface area contributed by atoms with Crippen molar-refractivity contribution in [3.05, 3.63) is 42.1 Å². The Labute approximate surface area is 274 Å². The molecule has 17 heteroatoms. The maximum Gasteiger partial charge on any atom is 0.471 e. The molecule has 3 heterocycles. The summed E-state index contributed by atoms with van der Waals surface area (Å²) >= 11 is 0. The second-order valence-electron chi connectivity index (χ2n) is 11.9. The molecule has 0 unspecified atom stereocenters. The Morgan fingerprint density at radius 2 is 1.73 bits per heavy atom. The number of nitrogens with one attached hydrogen (secondary N) is 4. The van der Waals surface area contributed by atoms with Crippen molar-refractivity contribution in [3.8, 4) is 11.6 Å². The number of likely N-dealkylation sites (tertiary alicyclic amines) is 1. The summed E-state index contributed by atoms with van der Waals surface area (Å²) in [4.78, 5) is 67.2. The van der Waals surface area contributed by atoms with Crippen LogP contribution < -0.4 is 26.0 Å². The summed E-state index contributed by atoms with van der Waals surface area (Å²) in [5.41, 5.74) is 0.318. The van der Waals surface area contributed by atoms with E-state index in [0.717, 1.165) is 19.3 Å². The van der Waals surface area contributed by atoms with Crippen molar-refractivity contribution in [2.45, 2.75) is 62.8 Å². The number of ether oxygens (including phenoxy) is 1. The van der Waals surface area contributed by atoms with Crippen LogP contribution in [0.15, 0.2) is 36.4 Å². The molecule has 0 radical (unpaired) electrons. The average molecular weight is 677 g/mol. The van der Waals surface area contributed by atoms with Gasteiger partial charge in [-0.1, -0.05) is 18.2 Å². The molecule has 5 rings (SSSR count). The van der Waals surface area contributed by atoms with Gasteiger partial charge in [0.15, 0.2) is 12.3 Å². The van der Waals surface area contributed by atoms with E-state index in [-0.39, 0.29) is 29.9 Å². The minimum Gasteiger partial charge on any atom is -0.467 e. The van der Waals surface area contributed by atoms with Crippen LogP contribution in [0.3, 0.4) is 0 Å². The fraction of sp³-hybridized carbons (Fsp3) is 0.548. The zero-order valence-electron chi connectivity index (χ0n) is 26.3. The summed E-state index contributed by atoms with van der Waals surface area (Å²) in [5, 5.41) is 14.7. The molecule has 1 aromatic heterocycles. The summed E-state index contributed by atoms with van der Waals surface area (Å²) in [6.07, 6.45) is -1.27. The molecule has 1 aromatic carbocycles. The zero-order valence-corrected chi connectivity index (χ0v) is 26.3. The molecule has 0 spiro atoms. The smallest absolute Gasteiger partial charge is 0.467 e. The third kappa shape index (κ3) is 8.62. The topological polar surface area (TPSA) is 167 Å². The van der Waals surface area contributed by atoms with E-state index in [0.29, 0.717) is 51.3 Å². The summed E-state index contributed by atoms with van der Waals surface area (Å²) in [5.74, 6) is -4.03. The number of aromatic nitrogens is 2. The van der Waals surface area contributed by atoms with Gasteiger partial charge in [0, 0.05) is 51.4 Å². The summed E-state index contributed by atoms with van der Waals surface area (Å²) in [6, 6.07) is 8.21. The Balaban J connectivity index is 1.29. The van der Waals surface area contributed by atoms with Crippen molar-refractivity contribution < 1.29 is 41.9 Å². The molecule has 48 heavy (non-hydrogen) atoms. The maximum absolute atomic E-state index is 13.5. The summed E-state index contributed by atoms with van der Waals surface area (Å²) in [7, 11) is 0. The highest BCUT2D eigenvalue weighted by Gasteiger charge is 2.39. The normalized spacial score (nSPS) is 18.9. The second-order valence-corrected chi connectivity index (χ2v) is 11.9. The minimum atomic E-state index is -5.10. The molecular weight excluding hydrogens is 637 g/mol. The molecule has 2 atom stereocenters. The van der Waals surface area contributed by atoms with Gasteiger partial charge in [-0.25, -0.2) is 4.68 Å². The van der Waals surface area contributed by atoms with Crippen LogP contribution in [0.2, 0.25) is 0 Å². The standard InChI is InChI=1S/C31H39F3N8O6/c32-31(33,34)30(47)36-12-11-22(29(46)40-16-13-35-14-17-40)38-27(44)23-18-26(42(39-23)21-8-2-1-3-9-21)48-19-25(43)41-15-5-10-24(41)28(45)37-20-6-4-7-20/h1-3,8-9,18,20,22,24,35H,4-7,10-17,19H2,(H,36,47)(H,37,45)(H,38,44)/t22-,24-/m0/s1. The number of rotatable bonds is 12. The Kier molecular flexibility index (Phi) is 11.2. The van der Waals surface area contributed by atoms with E-state index in [1.807, 2.05) is 0 Å². The van der Waals surface area contributed by atoms with Gasteiger partial charge in [-0.15, -0.1) is 0 Å². The lowest BCUT2D eigenvalue weighted by Crippen LogP contribution is -2.55. The molecule has 3 aliphatic rings. The number of nitrogens with zero attached hydrogens (tertiary/aromatic N) is 4. The van der Waals surface area contributed by atoms with Crippen molar-refractivity contribution in [1.29, 1.82) is 0 Å². The molecule has 4 N–H and O–H groups in total. The lowest BCUT2D eigenvalue weighted by atomic mass is 9.93. The van der Waals surface area contributed by atoms with Gasteiger partial charge in [0.1, 0.15) is 12.1 Å². The Hall–Kier alpha value is -4.67. The van der Waals surface area contributed by atoms with Crippen LogP contribution in [-0.4, -0.2) is 119 Å². The van der Waals surface area contributed by atoms with E-state index in [4.69, 9.17) is 4.74 Å². The molecule has 14 nitrogen and oxygen atoms in total. The molecule has 1 saturated carbocycles. The molecule has 0 bridgehead atoms. The molecule has 5 amide bonds. The Morgan fingerprint density at radius 1 is 1.00 bits per heavy atom. The average Bonchev–Trinajstić information content (AvgIpc) is 3.73. The number of halogens is 3.